The molecule has 1 N–H and O–H groups in total. The number of aryl methyl sites for hydroxylation is 1. The first-order chi connectivity index (χ1) is 7.70. The molecular weight excluding hydrogens is 351 g/mol. The number of benzene rings is 1. The normalized spacial score (nSPS) is 15.3. The Balaban J connectivity index is 0.00000144. The second kappa shape index (κ2) is 6.56. The van der Waals surface area contributed by atoms with Crippen LogP contribution in [0, 0.1) is 10.5 Å². The molecule has 3 nitrogen and oxygen atoms in total. The fourth-order valence-electron chi connectivity index (χ4n) is 1.85. The van der Waals surface area contributed by atoms with Crippen molar-refractivity contribution < 1.29 is 4.79 Å². The molecule has 1 aromatic rings. The number of hydrogen-bond donors (Lipinski definition) is 1. The van der Waals surface area contributed by atoms with Gasteiger partial charge in [0.2, 0.25) is 0 Å². The summed E-state index contributed by atoms with van der Waals surface area (Å²) in [6, 6.07) is 5.91. The summed E-state index contributed by atoms with van der Waals surface area (Å²) in [5, 5.41) is 3.25. The number of carbonyl (C=O) groups excluding carboxylic acids is 1. The zero-order valence-electron chi connectivity index (χ0n) is 9.70. The van der Waals surface area contributed by atoms with Crippen LogP contribution in [0.15, 0.2) is 18.2 Å². The van der Waals surface area contributed by atoms with Crippen molar-refractivity contribution in [3.8, 4) is 0 Å². The van der Waals surface area contributed by atoms with E-state index in [0.29, 0.717) is 0 Å². The standard InChI is InChI=1S/C12H15IN2O.ClH/c1-9-3-2-4-10(11(9)13)12(16)15-7-5-14-6-8-15;/h2-4,14H,5-8H2,1H3;1H. The number of nitrogens with zero attached hydrogens (tertiary/aromatic N) is 1. The molecule has 1 saturated heterocycles. The highest BCUT2D eigenvalue weighted by Crippen LogP contribution is 2.18. The molecule has 5 heteroatoms. The van der Waals surface area contributed by atoms with E-state index in [1.54, 1.807) is 0 Å². The van der Waals surface area contributed by atoms with Crippen LogP contribution in [0.1, 0.15) is 15.9 Å². The molecule has 0 bridgehead atoms. The zero-order valence-corrected chi connectivity index (χ0v) is 12.7. The second-order valence-electron chi connectivity index (χ2n) is 3.98. The van der Waals surface area contributed by atoms with Crippen LogP contribution in [0.25, 0.3) is 0 Å². The minimum Gasteiger partial charge on any atom is -0.336 e. The number of piperazine rings is 1. The van der Waals surface area contributed by atoms with Gasteiger partial charge in [-0.1, -0.05) is 12.1 Å². The van der Waals surface area contributed by atoms with E-state index in [0.717, 1.165) is 35.3 Å². The maximum Gasteiger partial charge on any atom is 0.255 e. The third kappa shape index (κ3) is 3.33. The van der Waals surface area contributed by atoms with Crippen molar-refractivity contribution in [2.45, 2.75) is 6.92 Å². The smallest absolute Gasteiger partial charge is 0.255 e. The Morgan fingerprint density at radius 1 is 1.35 bits per heavy atom. The molecule has 1 heterocycles. The van der Waals surface area contributed by atoms with Crippen molar-refractivity contribution in [1.29, 1.82) is 0 Å². The minimum atomic E-state index is 0. The van der Waals surface area contributed by atoms with Gasteiger partial charge in [0.05, 0.1) is 5.56 Å². The Morgan fingerprint density at radius 3 is 2.65 bits per heavy atom. The molecule has 1 aliphatic rings. The van der Waals surface area contributed by atoms with Crippen LogP contribution in [0.2, 0.25) is 0 Å². The Morgan fingerprint density at radius 2 is 2.00 bits per heavy atom. The Bertz CT molecular complexity index is 405. The van der Waals surface area contributed by atoms with Crippen molar-refractivity contribution in [3.05, 3.63) is 32.9 Å². The van der Waals surface area contributed by atoms with E-state index in [-0.39, 0.29) is 18.3 Å². The highest BCUT2D eigenvalue weighted by molar-refractivity contribution is 14.1. The van der Waals surface area contributed by atoms with Crippen LogP contribution in [-0.2, 0) is 0 Å². The molecule has 0 aliphatic carbocycles. The fraction of sp³-hybridized carbons (Fsp3) is 0.417. The molecule has 0 spiro atoms. The summed E-state index contributed by atoms with van der Waals surface area (Å²) < 4.78 is 1.07. The van der Waals surface area contributed by atoms with Gasteiger partial charge in [-0.15, -0.1) is 12.4 Å². The maximum atomic E-state index is 12.3. The fourth-order valence-corrected chi connectivity index (χ4v) is 2.44. The topological polar surface area (TPSA) is 32.3 Å². The first-order valence-electron chi connectivity index (χ1n) is 5.45. The predicted molar refractivity (Wildman–Crippen MR) is 79.9 cm³/mol. The molecule has 94 valence electrons. The molecule has 17 heavy (non-hydrogen) atoms. The summed E-state index contributed by atoms with van der Waals surface area (Å²) in [5.41, 5.74) is 2.00. The summed E-state index contributed by atoms with van der Waals surface area (Å²) in [5.74, 6) is 0.162. The number of hydrogen-bond acceptors (Lipinski definition) is 2. The number of rotatable bonds is 1. The highest BCUT2D eigenvalue weighted by Gasteiger charge is 2.20. The first kappa shape index (κ1) is 14.7. The van der Waals surface area contributed by atoms with E-state index in [2.05, 4.69) is 27.9 Å². The zero-order chi connectivity index (χ0) is 11.5. The molecule has 0 radical (unpaired) electrons. The third-order valence-electron chi connectivity index (χ3n) is 2.83. The molecule has 2 rings (SSSR count). The van der Waals surface area contributed by atoms with Gasteiger partial charge in [-0.2, -0.15) is 0 Å². The van der Waals surface area contributed by atoms with Gasteiger partial charge in [-0.05, 0) is 41.1 Å². The van der Waals surface area contributed by atoms with Crippen molar-refractivity contribution in [2.24, 2.45) is 0 Å². The van der Waals surface area contributed by atoms with E-state index in [4.69, 9.17) is 0 Å². The number of amides is 1. The maximum absolute atomic E-state index is 12.3. The van der Waals surface area contributed by atoms with Gasteiger partial charge in [0.15, 0.2) is 0 Å². The summed E-state index contributed by atoms with van der Waals surface area (Å²) in [6.07, 6.45) is 0. The first-order valence-corrected chi connectivity index (χ1v) is 6.53. The molecule has 1 fully saturated rings. The van der Waals surface area contributed by atoms with Crippen molar-refractivity contribution in [3.63, 3.8) is 0 Å². The van der Waals surface area contributed by atoms with Gasteiger partial charge in [-0.25, -0.2) is 0 Å². The SMILES string of the molecule is Cc1cccc(C(=O)N2CCNCC2)c1I.Cl. The Hall–Kier alpha value is -0.330. The van der Waals surface area contributed by atoms with Gasteiger partial charge in [0.1, 0.15) is 0 Å². The Kier molecular flexibility index (Phi) is 5.69. The molecule has 1 amide bonds. The average Bonchev–Trinajstić information content (AvgIpc) is 2.33. The molecule has 0 unspecified atom stereocenters. The van der Waals surface area contributed by atoms with Crippen molar-refractivity contribution in [2.75, 3.05) is 26.2 Å². The van der Waals surface area contributed by atoms with Crippen LogP contribution in [0.5, 0.6) is 0 Å². The van der Waals surface area contributed by atoms with E-state index in [1.807, 2.05) is 30.0 Å². The molecule has 0 atom stereocenters. The molecule has 1 aromatic carbocycles. The van der Waals surface area contributed by atoms with E-state index >= 15 is 0 Å². The van der Waals surface area contributed by atoms with Crippen LogP contribution in [0.4, 0.5) is 0 Å². The van der Waals surface area contributed by atoms with Crippen molar-refractivity contribution in [1.82, 2.24) is 10.2 Å². The van der Waals surface area contributed by atoms with Gasteiger partial charge in [0, 0.05) is 29.7 Å². The van der Waals surface area contributed by atoms with E-state index in [1.165, 1.54) is 5.56 Å². The molecule has 0 aromatic heterocycles. The number of carbonyl (C=O) groups is 1. The highest BCUT2D eigenvalue weighted by atomic mass is 127. The summed E-state index contributed by atoms with van der Waals surface area (Å²) in [4.78, 5) is 14.2. The third-order valence-corrected chi connectivity index (χ3v) is 4.26. The lowest BCUT2D eigenvalue weighted by Crippen LogP contribution is -2.46. The Labute approximate surface area is 122 Å². The van der Waals surface area contributed by atoms with Crippen molar-refractivity contribution >= 4 is 40.9 Å². The van der Waals surface area contributed by atoms with Gasteiger partial charge >= 0.3 is 0 Å². The van der Waals surface area contributed by atoms with E-state index < -0.39 is 0 Å². The second-order valence-corrected chi connectivity index (χ2v) is 5.06. The van der Waals surface area contributed by atoms with E-state index in [9.17, 15) is 4.79 Å². The lowest BCUT2D eigenvalue weighted by Gasteiger charge is -2.28. The molecule has 0 saturated carbocycles. The summed E-state index contributed by atoms with van der Waals surface area (Å²) in [6.45, 7) is 5.45. The van der Waals surface area contributed by atoms with Crippen LogP contribution >= 0.6 is 35.0 Å². The predicted octanol–water partition coefficient (Wildman–Crippen LogP) is 2.07. The lowest BCUT2D eigenvalue weighted by atomic mass is 10.1. The van der Waals surface area contributed by atoms with Crippen LogP contribution in [0.3, 0.4) is 0 Å². The molecule has 1 aliphatic heterocycles. The summed E-state index contributed by atoms with van der Waals surface area (Å²) in [7, 11) is 0. The number of nitrogens with one attached hydrogen (secondary N) is 1. The quantitative estimate of drug-likeness (QED) is 0.772. The minimum absolute atomic E-state index is 0. The number of halogens is 2. The molecular formula is C12H16ClIN2O. The van der Waals surface area contributed by atoms with Gasteiger partial charge in [0.25, 0.3) is 5.91 Å². The van der Waals surface area contributed by atoms with Gasteiger partial charge in [-0.3, -0.25) is 4.79 Å². The summed E-state index contributed by atoms with van der Waals surface area (Å²) >= 11 is 2.25. The largest absolute Gasteiger partial charge is 0.336 e. The lowest BCUT2D eigenvalue weighted by molar-refractivity contribution is 0.0734. The van der Waals surface area contributed by atoms with Gasteiger partial charge < -0.3 is 10.2 Å². The monoisotopic (exact) mass is 366 g/mol. The van der Waals surface area contributed by atoms with Crippen LogP contribution in [-0.4, -0.2) is 37.0 Å². The van der Waals surface area contributed by atoms with Crippen LogP contribution < -0.4 is 5.32 Å². The average molecular weight is 367 g/mol.